The van der Waals surface area contributed by atoms with Crippen molar-refractivity contribution in [2.75, 3.05) is 76.2 Å². The smallest absolute Gasteiger partial charge is 0.243 e. The van der Waals surface area contributed by atoms with Gasteiger partial charge in [-0.1, -0.05) is 27.2 Å². The van der Waals surface area contributed by atoms with Crippen LogP contribution in [0.3, 0.4) is 0 Å². The molecule has 1 aromatic heterocycles. The highest BCUT2D eigenvalue weighted by Crippen LogP contribution is 2.40. The number of amides is 7. The third-order valence-electron chi connectivity index (χ3n) is 14.3. The SMILES string of the molecule is CC[C@H](C)[C@@H]1NC(=O)CNC(=O)[C@@H]2CC(=O)[C@H]([C@@H](C)[C@@H](O)CO)NC(=O)[C@@H]3C[C@@H](O)CN3C(=O)[C@H](CC(N)=O)CC(=O)[C@H](C[SH+]c3[nH]c4c(N5CCN(CCN)CC5)c(O)ccc4c3C2)NC(=O)CNC1=O.[OH-]. The summed E-state index contributed by atoms with van der Waals surface area (Å²) < 4.78 is 0. The Kier molecular flexibility index (Phi) is 20.5. The van der Waals surface area contributed by atoms with E-state index in [9.17, 15) is 63.6 Å². The van der Waals surface area contributed by atoms with E-state index in [0.717, 1.165) is 4.90 Å². The van der Waals surface area contributed by atoms with Gasteiger partial charge in [-0.25, -0.2) is 0 Å². The first-order chi connectivity index (χ1) is 34.2. The van der Waals surface area contributed by atoms with Gasteiger partial charge >= 0.3 is 0 Å². The number of carbonyl (C=O) groups excluding carboxylic acids is 9. The molecule has 0 saturated carbocycles. The summed E-state index contributed by atoms with van der Waals surface area (Å²) in [5, 5.41) is 57.3. The Labute approximate surface area is 425 Å². The Bertz CT molecular complexity index is 2380. The molecule has 1 aromatic carbocycles. The molecule has 2 aromatic rings. The second-order valence-corrected chi connectivity index (χ2v) is 20.5. The van der Waals surface area contributed by atoms with Crippen LogP contribution in [0.5, 0.6) is 5.75 Å². The fourth-order valence-electron chi connectivity index (χ4n) is 9.92. The molecule has 4 aliphatic rings. The van der Waals surface area contributed by atoms with E-state index in [1.807, 2.05) is 4.90 Å². The van der Waals surface area contributed by atoms with Crippen LogP contribution in [0.2, 0.25) is 0 Å². The number of phenolic OH excluding ortho intramolecular Hbond substituents is 1. The average Bonchev–Trinajstić information content (AvgIpc) is 3.92. The number of benzene rings is 1. The predicted octanol–water partition coefficient (Wildman–Crippen LogP) is -4.77. The van der Waals surface area contributed by atoms with Gasteiger partial charge in [-0.15, -0.1) is 0 Å². The lowest BCUT2D eigenvalue weighted by molar-refractivity contribution is -0.145. The van der Waals surface area contributed by atoms with Gasteiger partial charge in [0.15, 0.2) is 11.6 Å². The molecule has 2 saturated heterocycles. The quantitative estimate of drug-likeness (QED) is 0.0785. The number of Topliss-reactive ketones (excluding diaryl/α,β-unsaturated/α-hetero) is 2. The number of aromatic nitrogens is 1. The van der Waals surface area contributed by atoms with Crippen molar-refractivity contribution in [2.24, 2.45) is 35.1 Å². The minimum atomic E-state index is -1.61. The Morgan fingerprint density at radius 3 is 2.19 bits per heavy atom. The number of nitrogens with one attached hydrogen (secondary N) is 6. The van der Waals surface area contributed by atoms with Crippen molar-refractivity contribution in [2.45, 2.75) is 101 Å². The van der Waals surface area contributed by atoms with E-state index in [-0.39, 0.29) is 29.8 Å². The predicted molar refractivity (Wildman–Crippen MR) is 265 cm³/mol. The number of piperazine rings is 1. The van der Waals surface area contributed by atoms with Crippen LogP contribution in [0.4, 0.5) is 5.69 Å². The minimum absolute atomic E-state index is 0. The van der Waals surface area contributed by atoms with Crippen molar-refractivity contribution in [3.8, 4) is 5.75 Å². The third-order valence-corrected chi connectivity index (χ3v) is 15.5. The topological polar surface area (TPSA) is 402 Å². The van der Waals surface area contributed by atoms with E-state index >= 15 is 0 Å². The summed E-state index contributed by atoms with van der Waals surface area (Å²) in [5.74, 6) is -12.2. The van der Waals surface area contributed by atoms with E-state index in [1.165, 1.54) is 13.0 Å². The van der Waals surface area contributed by atoms with Crippen LogP contribution in [0.1, 0.15) is 58.4 Å². The van der Waals surface area contributed by atoms with Gasteiger partial charge in [-0.05, 0) is 24.5 Å². The van der Waals surface area contributed by atoms with E-state index in [0.29, 0.717) is 84.6 Å². The molecule has 2 fully saturated rings. The number of nitrogens with zero attached hydrogens (tertiary/aromatic N) is 3. The lowest BCUT2D eigenvalue weighted by Crippen LogP contribution is -2.56. The lowest BCUT2D eigenvalue weighted by atomic mass is 9.85. The molecule has 0 aliphatic carbocycles. The molecule has 5 heterocycles. The van der Waals surface area contributed by atoms with Crippen molar-refractivity contribution >= 4 is 81.3 Å². The van der Waals surface area contributed by atoms with Gasteiger partial charge in [0.05, 0.1) is 49.4 Å². The molecular formula is C47H71N11O14S. The van der Waals surface area contributed by atoms with Crippen LogP contribution >= 0.6 is 0 Å². The Balaban J connectivity index is 0.00000988. The first-order valence-corrected chi connectivity index (χ1v) is 25.6. The number of aliphatic hydroxyl groups excluding tert-OH is 3. The normalized spacial score (nSPS) is 27.1. The number of anilines is 1. The molecule has 6 rings (SSSR count). The number of fused-ring (bicyclic) bond motifs is 5. The van der Waals surface area contributed by atoms with Crippen LogP contribution in [0.15, 0.2) is 17.2 Å². The number of H-pyrrole nitrogens is 1. The van der Waals surface area contributed by atoms with E-state index in [1.54, 1.807) is 19.9 Å². The Morgan fingerprint density at radius 1 is 0.877 bits per heavy atom. The fourth-order valence-corrected chi connectivity index (χ4v) is 11.2. The molecular weight excluding hydrogens is 975 g/mol. The standard InChI is InChI=1S/C47H69N11O13S.H2O/c1-4-23(2)39-45(70)51-18-37(66)52-30-22-72-46-29(28-5-6-32(61)42(41(28)55-46)57-11-9-56(8-7-48)10-12-57)13-25(43(68)50-19-38(67)53-39)14-34(63)40(24(3)35(64)21-59)54-44(69)31-17-27(60)20-58(31)47(71)26(15-33(30)62)16-36(49)65;/h5-6,23-27,30-31,35,39-40,55,59-61,64H,4,7-22,48H2,1-3H3,(H2,49,65)(H,50,68)(H,51,70)(H,52,66)(H,53,67)(H,54,69);1H2/t23-,24-,25-,26-,27+,30-,31-,35-,39-,40-;/m0./s1. The zero-order chi connectivity index (χ0) is 52.6. The number of aromatic hydroxyl groups is 1. The number of primary amides is 1. The zero-order valence-electron chi connectivity index (χ0n) is 41.3. The average molecular weight is 1050 g/mol. The number of phenols is 1. The van der Waals surface area contributed by atoms with Crippen molar-refractivity contribution in [3.05, 3.63) is 17.7 Å². The van der Waals surface area contributed by atoms with Gasteiger partial charge in [0, 0.05) is 106 Å². The number of rotatable bonds is 10. The monoisotopic (exact) mass is 1050 g/mol. The number of nitrogens with two attached hydrogens (primary N) is 2. The molecule has 26 heteroatoms. The van der Waals surface area contributed by atoms with Gasteiger partial charge in [0.2, 0.25) is 46.4 Å². The molecule has 4 aliphatic heterocycles. The summed E-state index contributed by atoms with van der Waals surface area (Å²) in [6.07, 6.45) is -4.98. The van der Waals surface area contributed by atoms with Crippen molar-refractivity contribution in [1.82, 2.24) is 41.4 Å². The van der Waals surface area contributed by atoms with Crippen molar-refractivity contribution < 1.29 is 69.1 Å². The van der Waals surface area contributed by atoms with Gasteiger partial charge in [0.1, 0.15) is 35.3 Å². The van der Waals surface area contributed by atoms with Gasteiger partial charge < -0.3 is 78.7 Å². The van der Waals surface area contributed by atoms with E-state index in [4.69, 9.17) is 11.5 Å². The second-order valence-electron chi connectivity index (χ2n) is 19.4. The highest BCUT2D eigenvalue weighted by molar-refractivity contribution is 7.78. The minimum Gasteiger partial charge on any atom is -0.870 e. The summed E-state index contributed by atoms with van der Waals surface area (Å²) in [6, 6.07) is -2.52. The van der Waals surface area contributed by atoms with Gasteiger partial charge in [0.25, 0.3) is 0 Å². The highest BCUT2D eigenvalue weighted by Gasteiger charge is 2.45. The number of ketones is 2. The molecule has 0 radical (unpaired) electrons. The van der Waals surface area contributed by atoms with Crippen LogP contribution in [0.25, 0.3) is 10.9 Å². The maximum atomic E-state index is 14.8. The molecule has 10 atom stereocenters. The summed E-state index contributed by atoms with van der Waals surface area (Å²) >= 11 is 0.322. The van der Waals surface area contributed by atoms with Crippen LogP contribution in [-0.4, -0.2) is 201 Å². The first kappa shape index (κ1) is 58.0. The van der Waals surface area contributed by atoms with Gasteiger partial charge in [-0.2, -0.15) is 0 Å². The van der Waals surface area contributed by atoms with E-state index in [2.05, 4.69) is 36.5 Å². The highest BCUT2D eigenvalue weighted by atomic mass is 32.2. The third kappa shape index (κ3) is 14.0. The number of aromatic amines is 1. The van der Waals surface area contributed by atoms with Crippen molar-refractivity contribution in [3.63, 3.8) is 0 Å². The summed E-state index contributed by atoms with van der Waals surface area (Å²) in [5.41, 5.74) is 12.8. The number of aliphatic hydroxyl groups is 3. The van der Waals surface area contributed by atoms with Crippen molar-refractivity contribution in [1.29, 1.82) is 0 Å². The molecule has 0 spiro atoms. The first-order valence-electron chi connectivity index (χ1n) is 24.5. The maximum absolute atomic E-state index is 14.8. The molecule has 7 amide bonds. The number of thiol groups is 1. The summed E-state index contributed by atoms with van der Waals surface area (Å²) in [7, 11) is 0. The summed E-state index contributed by atoms with van der Waals surface area (Å²) in [6.45, 7) is 5.73. The fraction of sp³-hybridized carbons (Fsp3) is 0.638. The number of carbonyl (C=O) groups is 9. The molecule has 2 bridgehead atoms. The number of hydrogen-bond donors (Lipinski definition) is 12. The summed E-state index contributed by atoms with van der Waals surface area (Å²) in [4.78, 5) is 135. The molecule has 0 unspecified atom stereocenters. The zero-order valence-corrected chi connectivity index (χ0v) is 42.2. The van der Waals surface area contributed by atoms with Crippen LogP contribution < -0.4 is 43.0 Å². The maximum Gasteiger partial charge on any atom is 0.243 e. The second kappa shape index (κ2) is 25.9. The lowest BCUT2D eigenvalue weighted by Gasteiger charge is -2.36. The largest absolute Gasteiger partial charge is 0.870 e. The molecule has 404 valence electrons. The molecule has 73 heavy (non-hydrogen) atoms. The molecule has 25 nitrogen and oxygen atoms in total. The Hall–Kier alpha value is -5.90. The van der Waals surface area contributed by atoms with E-state index < -0.39 is 158 Å². The molecule has 15 N–H and O–H groups in total. The van der Waals surface area contributed by atoms with Crippen LogP contribution in [-0.2, 0) is 61.3 Å². The Morgan fingerprint density at radius 2 is 1.55 bits per heavy atom. The van der Waals surface area contributed by atoms with Gasteiger partial charge in [-0.3, -0.25) is 48.1 Å². The van der Waals surface area contributed by atoms with Crippen LogP contribution in [0, 0.1) is 23.7 Å². The number of hydrogen-bond acceptors (Lipinski definition) is 17.